The van der Waals surface area contributed by atoms with E-state index in [1.807, 2.05) is 0 Å². The summed E-state index contributed by atoms with van der Waals surface area (Å²) in [6, 6.07) is 17.1. The highest BCUT2D eigenvalue weighted by atomic mass is 14.4. The largest absolute Gasteiger partial charge is 0.0654 e. The highest BCUT2D eigenvalue weighted by Crippen LogP contribution is 2.43. The zero-order valence-corrected chi connectivity index (χ0v) is 28.4. The maximum atomic E-state index is 2.64. The van der Waals surface area contributed by atoms with Gasteiger partial charge in [0.15, 0.2) is 0 Å². The van der Waals surface area contributed by atoms with E-state index >= 15 is 0 Å². The maximum Gasteiger partial charge on any atom is -0.00690 e. The molecule has 0 atom stereocenters. The first kappa shape index (κ1) is 34.6. The van der Waals surface area contributed by atoms with E-state index in [4.69, 9.17) is 0 Å². The zero-order chi connectivity index (χ0) is 29.7. The van der Waals surface area contributed by atoms with E-state index < -0.39 is 0 Å². The molecule has 40 heavy (non-hydrogen) atoms. The normalized spacial score (nSPS) is 12.7. The zero-order valence-electron chi connectivity index (χ0n) is 28.4. The highest BCUT2D eigenvalue weighted by Gasteiger charge is 2.31. The van der Waals surface area contributed by atoms with Crippen molar-refractivity contribution in [3.63, 3.8) is 0 Å². The first-order valence-electron chi connectivity index (χ1n) is 17.3. The van der Waals surface area contributed by atoms with Gasteiger partial charge in [0.2, 0.25) is 0 Å². The second-order valence-corrected chi connectivity index (χ2v) is 14.4. The van der Waals surface area contributed by atoms with Crippen molar-refractivity contribution >= 4 is 0 Å². The number of benzene rings is 2. The molecular formula is C40H66. The highest BCUT2D eigenvalue weighted by molar-refractivity contribution is 5.70. The fourth-order valence-corrected chi connectivity index (χ4v) is 6.21. The van der Waals surface area contributed by atoms with E-state index in [-0.39, 0.29) is 16.2 Å². The Morgan fingerprint density at radius 1 is 0.475 bits per heavy atom. The van der Waals surface area contributed by atoms with Gasteiger partial charge in [0.05, 0.1) is 0 Å². The molecule has 0 heterocycles. The van der Waals surface area contributed by atoms with Crippen molar-refractivity contribution in [1.82, 2.24) is 0 Å². The average Bonchev–Trinajstić information content (AvgIpc) is 2.96. The molecule has 2 rings (SSSR count). The van der Waals surface area contributed by atoms with Gasteiger partial charge in [-0.25, -0.2) is 0 Å². The molecule has 226 valence electrons. The lowest BCUT2D eigenvalue weighted by Crippen LogP contribution is -2.25. The van der Waals surface area contributed by atoms with E-state index in [1.54, 1.807) is 5.56 Å². The van der Waals surface area contributed by atoms with Gasteiger partial charge in [-0.05, 0) is 69.7 Å². The molecule has 0 aliphatic heterocycles. The molecule has 2 aromatic carbocycles. The molecule has 0 saturated heterocycles. The molecule has 0 N–H and O–H groups in total. The molecule has 0 spiro atoms. The van der Waals surface area contributed by atoms with Gasteiger partial charge in [-0.2, -0.15) is 0 Å². The number of hydrogen-bond donors (Lipinski definition) is 0. The van der Waals surface area contributed by atoms with Gasteiger partial charge in [-0.3, -0.25) is 0 Å². The summed E-state index contributed by atoms with van der Waals surface area (Å²) >= 11 is 0. The van der Waals surface area contributed by atoms with Crippen LogP contribution in [0.15, 0.2) is 42.5 Å². The smallest absolute Gasteiger partial charge is 0.00690 e. The van der Waals surface area contributed by atoms with E-state index in [9.17, 15) is 0 Å². The lowest BCUT2D eigenvalue weighted by atomic mass is 9.69. The Balaban J connectivity index is 2.49. The van der Waals surface area contributed by atoms with Gasteiger partial charge in [0.25, 0.3) is 0 Å². The van der Waals surface area contributed by atoms with Crippen LogP contribution >= 0.6 is 0 Å². The van der Waals surface area contributed by atoms with Crippen LogP contribution in [0.5, 0.6) is 0 Å². The van der Waals surface area contributed by atoms with E-state index in [2.05, 4.69) is 105 Å². The molecule has 0 heteroatoms. The lowest BCUT2D eigenvalue weighted by molar-refractivity contribution is 0.362. The van der Waals surface area contributed by atoms with Crippen molar-refractivity contribution in [2.45, 2.75) is 181 Å². The van der Waals surface area contributed by atoms with Crippen molar-refractivity contribution < 1.29 is 0 Å². The predicted molar refractivity (Wildman–Crippen MR) is 182 cm³/mol. The summed E-state index contributed by atoms with van der Waals surface area (Å²) in [7, 11) is 0. The van der Waals surface area contributed by atoms with Crippen molar-refractivity contribution in [2.75, 3.05) is 0 Å². The predicted octanol–water partition coefficient (Wildman–Crippen LogP) is 13.5. The molecule has 0 bridgehead atoms. The standard InChI is InChI=1S/C40H66/c1-10-14-16-18-20-22-30-40(9,31-23-21-19-17-15-11-2)37-32-35(39(7,8)13-4)28-29-36(37)33-24-26-34(27-25-33)38(5,6)12-3/h24-29,32H,10-23,30-31H2,1-9H3. The Hall–Kier alpha value is -1.56. The minimum absolute atomic E-state index is 0.198. The van der Waals surface area contributed by atoms with Crippen molar-refractivity contribution in [1.29, 1.82) is 0 Å². The molecule has 0 fully saturated rings. The minimum Gasteiger partial charge on any atom is -0.0654 e. The van der Waals surface area contributed by atoms with Crippen LogP contribution in [0.1, 0.15) is 182 Å². The van der Waals surface area contributed by atoms with Gasteiger partial charge in [-0.1, -0.05) is 182 Å². The summed E-state index contributed by atoms with van der Waals surface area (Å²) in [5.41, 5.74) is 8.06. The topological polar surface area (TPSA) is 0 Å². The van der Waals surface area contributed by atoms with Crippen LogP contribution in [0, 0.1) is 0 Å². The average molecular weight is 547 g/mol. The molecule has 0 nitrogen and oxygen atoms in total. The van der Waals surface area contributed by atoms with Crippen LogP contribution < -0.4 is 0 Å². The molecular weight excluding hydrogens is 480 g/mol. The van der Waals surface area contributed by atoms with Crippen LogP contribution in [0.25, 0.3) is 11.1 Å². The summed E-state index contributed by atoms with van der Waals surface area (Å²) in [5, 5.41) is 0. The van der Waals surface area contributed by atoms with Crippen LogP contribution in [-0.2, 0) is 16.2 Å². The molecule has 0 radical (unpaired) electrons. The third kappa shape index (κ3) is 10.1. The van der Waals surface area contributed by atoms with E-state index in [0.717, 1.165) is 12.8 Å². The Labute approximate surface area is 251 Å². The molecule has 0 unspecified atom stereocenters. The molecule has 0 aliphatic rings. The summed E-state index contributed by atoms with van der Waals surface area (Å²) in [6.45, 7) is 21.5. The quantitative estimate of drug-likeness (QED) is 0.145. The molecule has 0 aliphatic carbocycles. The van der Waals surface area contributed by atoms with Crippen LogP contribution in [-0.4, -0.2) is 0 Å². The van der Waals surface area contributed by atoms with Crippen LogP contribution in [0.4, 0.5) is 0 Å². The summed E-state index contributed by atoms with van der Waals surface area (Å²) in [5.74, 6) is 0. The third-order valence-corrected chi connectivity index (χ3v) is 10.4. The minimum atomic E-state index is 0.198. The molecule has 0 amide bonds. The fourth-order valence-electron chi connectivity index (χ4n) is 6.21. The first-order valence-corrected chi connectivity index (χ1v) is 17.3. The maximum absolute atomic E-state index is 2.64. The summed E-state index contributed by atoms with van der Waals surface area (Å²) in [4.78, 5) is 0. The monoisotopic (exact) mass is 547 g/mol. The second-order valence-electron chi connectivity index (χ2n) is 14.4. The molecule has 2 aromatic rings. The number of rotatable bonds is 20. The fraction of sp³-hybridized carbons (Fsp3) is 0.700. The molecule has 0 saturated carbocycles. The SMILES string of the molecule is CCCCCCCCC(C)(CCCCCCCC)c1cc(C(C)(C)CC)ccc1-c1ccc(C(C)(C)CC)cc1. The number of hydrogen-bond acceptors (Lipinski definition) is 0. The van der Waals surface area contributed by atoms with E-state index in [1.165, 1.54) is 112 Å². The Kier molecular flexibility index (Phi) is 14.5. The van der Waals surface area contributed by atoms with Gasteiger partial charge in [0, 0.05) is 0 Å². The Bertz CT molecular complexity index is 942. The van der Waals surface area contributed by atoms with Crippen molar-refractivity contribution in [3.8, 4) is 11.1 Å². The second kappa shape index (κ2) is 16.8. The first-order chi connectivity index (χ1) is 19.0. The van der Waals surface area contributed by atoms with Gasteiger partial charge in [-0.15, -0.1) is 0 Å². The van der Waals surface area contributed by atoms with E-state index in [0.29, 0.717) is 0 Å². The van der Waals surface area contributed by atoms with Crippen molar-refractivity contribution in [3.05, 3.63) is 59.2 Å². The van der Waals surface area contributed by atoms with Gasteiger partial charge < -0.3 is 0 Å². The van der Waals surface area contributed by atoms with Gasteiger partial charge >= 0.3 is 0 Å². The van der Waals surface area contributed by atoms with Crippen LogP contribution in [0.3, 0.4) is 0 Å². The number of unbranched alkanes of at least 4 members (excludes halogenated alkanes) is 10. The lowest BCUT2D eigenvalue weighted by Gasteiger charge is -2.35. The van der Waals surface area contributed by atoms with Crippen molar-refractivity contribution in [2.24, 2.45) is 0 Å². The van der Waals surface area contributed by atoms with Gasteiger partial charge in [0.1, 0.15) is 0 Å². The van der Waals surface area contributed by atoms with Crippen LogP contribution in [0.2, 0.25) is 0 Å². The molecule has 0 aromatic heterocycles. The Morgan fingerprint density at radius 2 is 0.900 bits per heavy atom. The summed E-state index contributed by atoms with van der Waals surface area (Å²) < 4.78 is 0. The summed E-state index contributed by atoms with van der Waals surface area (Å²) in [6.07, 6.45) is 21.4. The third-order valence-electron chi connectivity index (χ3n) is 10.4. The Morgan fingerprint density at radius 3 is 1.38 bits per heavy atom.